The molecular formula is C12H20N4. The van der Waals surface area contributed by atoms with Crippen LogP contribution in [0.3, 0.4) is 0 Å². The monoisotopic (exact) mass is 220 g/mol. The zero-order chi connectivity index (χ0) is 11.1. The van der Waals surface area contributed by atoms with Gasteiger partial charge in [-0.2, -0.15) is 5.10 Å². The average Bonchev–Trinajstić information content (AvgIpc) is 2.52. The van der Waals surface area contributed by atoms with E-state index in [4.69, 9.17) is 10.8 Å². The van der Waals surface area contributed by atoms with E-state index in [1.807, 2.05) is 0 Å². The molecule has 0 atom stereocenters. The van der Waals surface area contributed by atoms with Crippen molar-refractivity contribution in [3.05, 3.63) is 17.0 Å². The lowest BCUT2D eigenvalue weighted by Gasteiger charge is -2.27. The first-order chi connectivity index (χ1) is 7.79. The summed E-state index contributed by atoms with van der Waals surface area (Å²) in [5, 5.41) is 4.79. The molecule has 16 heavy (non-hydrogen) atoms. The van der Waals surface area contributed by atoms with Gasteiger partial charge in [0.2, 0.25) is 0 Å². The summed E-state index contributed by atoms with van der Waals surface area (Å²) < 4.78 is 2.23. The summed E-state index contributed by atoms with van der Waals surface area (Å²) in [4.78, 5) is 2.36. The Hall–Kier alpha value is -0.870. The third kappa shape index (κ3) is 1.48. The van der Waals surface area contributed by atoms with Crippen molar-refractivity contribution in [2.75, 3.05) is 13.6 Å². The van der Waals surface area contributed by atoms with Crippen LogP contribution in [0.25, 0.3) is 0 Å². The first-order valence-electron chi connectivity index (χ1n) is 6.27. The molecule has 2 aliphatic rings. The molecule has 0 bridgehead atoms. The van der Waals surface area contributed by atoms with Gasteiger partial charge in [-0.15, -0.1) is 0 Å². The lowest BCUT2D eigenvalue weighted by atomic mass is 9.93. The SMILES string of the molecule is CN1CCc2nn(C3CCC3)c(CN)c2C1. The molecule has 1 aromatic heterocycles. The fourth-order valence-electron chi connectivity index (χ4n) is 2.73. The van der Waals surface area contributed by atoms with Crippen molar-refractivity contribution in [3.63, 3.8) is 0 Å². The fraction of sp³-hybridized carbons (Fsp3) is 0.750. The molecule has 1 saturated carbocycles. The number of hydrogen-bond donors (Lipinski definition) is 1. The Balaban J connectivity index is 1.99. The second-order valence-electron chi connectivity index (χ2n) is 5.09. The molecule has 1 fully saturated rings. The Bertz CT molecular complexity index is 392. The third-order valence-electron chi connectivity index (χ3n) is 3.97. The topological polar surface area (TPSA) is 47.1 Å². The van der Waals surface area contributed by atoms with Gasteiger partial charge in [-0.1, -0.05) is 0 Å². The van der Waals surface area contributed by atoms with Crippen LogP contribution >= 0.6 is 0 Å². The van der Waals surface area contributed by atoms with E-state index in [1.165, 1.54) is 36.2 Å². The lowest BCUT2D eigenvalue weighted by Crippen LogP contribution is -2.27. The average molecular weight is 220 g/mol. The van der Waals surface area contributed by atoms with Gasteiger partial charge in [0.1, 0.15) is 0 Å². The number of nitrogens with two attached hydrogens (primary N) is 1. The molecule has 1 aliphatic heterocycles. The molecule has 0 aromatic carbocycles. The zero-order valence-electron chi connectivity index (χ0n) is 9.95. The molecule has 2 N–H and O–H groups in total. The summed E-state index contributed by atoms with van der Waals surface area (Å²) in [6, 6.07) is 0.634. The van der Waals surface area contributed by atoms with E-state index in [1.54, 1.807) is 0 Å². The molecule has 0 amide bonds. The smallest absolute Gasteiger partial charge is 0.0685 e. The first kappa shape index (κ1) is 10.3. The van der Waals surface area contributed by atoms with Gasteiger partial charge < -0.3 is 10.6 Å². The molecule has 0 unspecified atom stereocenters. The summed E-state index contributed by atoms with van der Waals surface area (Å²) in [5.74, 6) is 0. The standard InChI is InChI=1S/C12H20N4/c1-15-6-5-11-10(8-15)12(7-13)16(14-11)9-3-2-4-9/h9H,2-8,13H2,1H3. The van der Waals surface area contributed by atoms with Gasteiger partial charge in [0, 0.05) is 31.6 Å². The molecule has 4 heteroatoms. The molecule has 3 rings (SSSR count). The highest BCUT2D eigenvalue weighted by atomic mass is 15.3. The maximum atomic E-state index is 5.90. The summed E-state index contributed by atoms with van der Waals surface area (Å²) >= 11 is 0. The van der Waals surface area contributed by atoms with Crippen LogP contribution in [0.15, 0.2) is 0 Å². The molecule has 4 nitrogen and oxygen atoms in total. The van der Waals surface area contributed by atoms with Crippen molar-refractivity contribution in [2.45, 2.75) is 44.8 Å². The van der Waals surface area contributed by atoms with Crippen molar-refractivity contribution in [1.29, 1.82) is 0 Å². The normalized spacial score (nSPS) is 21.9. The Morgan fingerprint density at radius 3 is 2.88 bits per heavy atom. The van der Waals surface area contributed by atoms with Crippen LogP contribution in [0.4, 0.5) is 0 Å². The minimum atomic E-state index is 0.632. The predicted molar refractivity (Wildman–Crippen MR) is 63.0 cm³/mol. The van der Waals surface area contributed by atoms with E-state index in [0.29, 0.717) is 12.6 Å². The van der Waals surface area contributed by atoms with E-state index in [2.05, 4.69) is 16.6 Å². The number of hydrogen-bond acceptors (Lipinski definition) is 3. The van der Waals surface area contributed by atoms with E-state index >= 15 is 0 Å². The van der Waals surface area contributed by atoms with Gasteiger partial charge in [-0.25, -0.2) is 0 Å². The van der Waals surface area contributed by atoms with E-state index in [0.717, 1.165) is 19.5 Å². The summed E-state index contributed by atoms with van der Waals surface area (Å²) in [6.07, 6.45) is 4.99. The Morgan fingerprint density at radius 1 is 1.44 bits per heavy atom. The van der Waals surface area contributed by atoms with Crippen LogP contribution in [0, 0.1) is 0 Å². The molecule has 2 heterocycles. The number of aromatic nitrogens is 2. The fourth-order valence-corrected chi connectivity index (χ4v) is 2.73. The number of fused-ring (bicyclic) bond motifs is 1. The maximum Gasteiger partial charge on any atom is 0.0685 e. The van der Waals surface area contributed by atoms with Crippen molar-refractivity contribution in [3.8, 4) is 0 Å². The second-order valence-corrected chi connectivity index (χ2v) is 5.09. The van der Waals surface area contributed by atoms with Crippen LogP contribution in [0.2, 0.25) is 0 Å². The Labute approximate surface area is 96.4 Å². The minimum Gasteiger partial charge on any atom is -0.325 e. The second kappa shape index (κ2) is 3.86. The maximum absolute atomic E-state index is 5.90. The molecule has 0 saturated heterocycles. The van der Waals surface area contributed by atoms with Crippen LogP contribution < -0.4 is 5.73 Å². The van der Waals surface area contributed by atoms with Crippen molar-refractivity contribution >= 4 is 0 Å². The predicted octanol–water partition coefficient (Wildman–Crippen LogP) is 1.05. The van der Waals surface area contributed by atoms with Crippen molar-refractivity contribution in [1.82, 2.24) is 14.7 Å². The number of nitrogens with zero attached hydrogens (tertiary/aromatic N) is 3. The largest absolute Gasteiger partial charge is 0.325 e. The zero-order valence-corrected chi connectivity index (χ0v) is 9.95. The quantitative estimate of drug-likeness (QED) is 0.810. The summed E-state index contributed by atoms with van der Waals surface area (Å²) in [6.45, 7) is 2.78. The Kier molecular flexibility index (Phi) is 2.48. The molecule has 1 aromatic rings. The van der Waals surface area contributed by atoms with Crippen molar-refractivity contribution in [2.24, 2.45) is 5.73 Å². The number of rotatable bonds is 2. The molecular weight excluding hydrogens is 200 g/mol. The summed E-state index contributed by atoms with van der Waals surface area (Å²) in [5.41, 5.74) is 9.89. The molecule has 0 radical (unpaired) electrons. The Morgan fingerprint density at radius 2 is 2.25 bits per heavy atom. The van der Waals surface area contributed by atoms with Gasteiger partial charge in [0.25, 0.3) is 0 Å². The van der Waals surface area contributed by atoms with E-state index < -0.39 is 0 Å². The lowest BCUT2D eigenvalue weighted by molar-refractivity contribution is 0.281. The highest BCUT2D eigenvalue weighted by Crippen LogP contribution is 2.34. The van der Waals surface area contributed by atoms with Crippen LogP contribution in [-0.4, -0.2) is 28.3 Å². The van der Waals surface area contributed by atoms with Crippen LogP contribution in [0.5, 0.6) is 0 Å². The van der Waals surface area contributed by atoms with Gasteiger partial charge in [0.05, 0.1) is 17.4 Å². The molecule has 0 spiro atoms. The highest BCUT2D eigenvalue weighted by molar-refractivity contribution is 5.29. The van der Waals surface area contributed by atoms with Crippen molar-refractivity contribution < 1.29 is 0 Å². The van der Waals surface area contributed by atoms with Gasteiger partial charge in [-0.05, 0) is 26.3 Å². The van der Waals surface area contributed by atoms with Crippen LogP contribution in [0.1, 0.15) is 42.3 Å². The highest BCUT2D eigenvalue weighted by Gasteiger charge is 2.28. The third-order valence-corrected chi connectivity index (χ3v) is 3.97. The first-order valence-corrected chi connectivity index (χ1v) is 6.27. The summed E-state index contributed by atoms with van der Waals surface area (Å²) in [7, 11) is 2.17. The van der Waals surface area contributed by atoms with Crippen LogP contribution in [-0.2, 0) is 19.5 Å². The molecule has 1 aliphatic carbocycles. The number of likely N-dealkylation sites (N-methyl/N-ethyl adjacent to an activating group) is 1. The van der Waals surface area contributed by atoms with E-state index in [9.17, 15) is 0 Å². The van der Waals surface area contributed by atoms with Gasteiger partial charge >= 0.3 is 0 Å². The van der Waals surface area contributed by atoms with E-state index in [-0.39, 0.29) is 0 Å². The van der Waals surface area contributed by atoms with Gasteiger partial charge in [-0.3, -0.25) is 4.68 Å². The van der Waals surface area contributed by atoms with Gasteiger partial charge in [0.15, 0.2) is 0 Å². The molecule has 88 valence electrons. The minimum absolute atomic E-state index is 0.632.